The molecule has 0 spiro atoms. The molecule has 22 heavy (non-hydrogen) atoms. The third kappa shape index (κ3) is 2.60. The molecule has 4 heteroatoms. The summed E-state index contributed by atoms with van der Waals surface area (Å²) < 4.78 is 5.82. The number of halogens is 2. The highest BCUT2D eigenvalue weighted by molar-refractivity contribution is 6.43. The molecule has 0 aliphatic carbocycles. The van der Waals surface area contributed by atoms with Gasteiger partial charge in [-0.1, -0.05) is 41.9 Å². The molecule has 1 N–H and O–H groups in total. The molecule has 1 heterocycles. The van der Waals surface area contributed by atoms with Crippen molar-refractivity contribution in [1.29, 1.82) is 0 Å². The van der Waals surface area contributed by atoms with E-state index in [9.17, 15) is 5.11 Å². The van der Waals surface area contributed by atoms with Crippen LogP contribution in [0.4, 0.5) is 0 Å². The summed E-state index contributed by atoms with van der Waals surface area (Å²) in [4.78, 5) is 0. The van der Waals surface area contributed by atoms with Crippen molar-refractivity contribution in [3.05, 3.63) is 75.8 Å². The summed E-state index contributed by atoms with van der Waals surface area (Å²) in [6.07, 6.45) is 1.91. The van der Waals surface area contributed by atoms with Crippen LogP contribution in [0.2, 0.25) is 10.0 Å². The summed E-state index contributed by atoms with van der Waals surface area (Å²) >= 11 is 12.5. The molecule has 1 atom stereocenters. The number of rotatable bonds is 2. The van der Waals surface area contributed by atoms with Gasteiger partial charge < -0.3 is 9.84 Å². The maximum atomic E-state index is 9.63. The van der Waals surface area contributed by atoms with Crippen LogP contribution in [0.3, 0.4) is 0 Å². The monoisotopic (exact) mass is 332 g/mol. The van der Waals surface area contributed by atoms with Crippen molar-refractivity contribution in [2.45, 2.75) is 13.0 Å². The SMILES string of the molecule is C=C(O)c1ccc2c(c1)C(c1cccc(Cl)c1Cl)=CC(C)O2. The Labute approximate surface area is 139 Å². The molecular formula is C18H14Cl2O2. The van der Waals surface area contributed by atoms with Crippen LogP contribution >= 0.6 is 23.2 Å². The lowest BCUT2D eigenvalue weighted by Gasteiger charge is -2.24. The summed E-state index contributed by atoms with van der Waals surface area (Å²) in [6.45, 7) is 5.53. The summed E-state index contributed by atoms with van der Waals surface area (Å²) in [5, 5.41) is 10.6. The topological polar surface area (TPSA) is 29.5 Å². The minimum absolute atomic E-state index is 0.0120. The first kappa shape index (κ1) is 15.0. The average molecular weight is 333 g/mol. The van der Waals surface area contributed by atoms with Crippen molar-refractivity contribution in [2.75, 3.05) is 0 Å². The first-order valence-electron chi connectivity index (χ1n) is 6.83. The van der Waals surface area contributed by atoms with Crippen LogP contribution in [0.25, 0.3) is 11.3 Å². The Morgan fingerprint density at radius 3 is 2.68 bits per heavy atom. The molecule has 0 fully saturated rings. The lowest BCUT2D eigenvalue weighted by atomic mass is 9.92. The number of benzene rings is 2. The van der Waals surface area contributed by atoms with Crippen LogP contribution < -0.4 is 4.74 Å². The minimum atomic E-state index is -0.0827. The number of aliphatic hydroxyl groups excluding tert-OH is 1. The van der Waals surface area contributed by atoms with Gasteiger partial charge >= 0.3 is 0 Å². The number of fused-ring (bicyclic) bond motifs is 1. The Hall–Kier alpha value is -1.90. The van der Waals surface area contributed by atoms with Crippen molar-refractivity contribution in [2.24, 2.45) is 0 Å². The van der Waals surface area contributed by atoms with E-state index < -0.39 is 0 Å². The van der Waals surface area contributed by atoms with Crippen molar-refractivity contribution in [3.8, 4) is 5.75 Å². The van der Waals surface area contributed by atoms with Crippen LogP contribution in [0, 0.1) is 0 Å². The summed E-state index contributed by atoms with van der Waals surface area (Å²) in [6, 6.07) is 11.0. The van der Waals surface area contributed by atoms with Gasteiger partial charge in [0.05, 0.1) is 10.0 Å². The van der Waals surface area contributed by atoms with Gasteiger partial charge in [-0.25, -0.2) is 0 Å². The molecule has 0 aromatic heterocycles. The van der Waals surface area contributed by atoms with Gasteiger partial charge in [-0.15, -0.1) is 0 Å². The molecule has 1 aliphatic rings. The van der Waals surface area contributed by atoms with E-state index in [0.29, 0.717) is 15.6 Å². The standard InChI is InChI=1S/C18H14Cl2O2/c1-10-8-14(13-4-3-5-16(19)18(13)20)15-9-12(11(2)21)6-7-17(15)22-10/h3-10,21H,2H2,1H3. The third-order valence-corrected chi connectivity index (χ3v) is 4.38. The molecule has 112 valence electrons. The molecule has 0 bridgehead atoms. The first-order chi connectivity index (χ1) is 10.5. The van der Waals surface area contributed by atoms with E-state index in [1.165, 1.54) is 0 Å². The van der Waals surface area contributed by atoms with Gasteiger partial charge in [-0.05, 0) is 42.8 Å². The first-order valence-corrected chi connectivity index (χ1v) is 7.58. The van der Waals surface area contributed by atoms with E-state index in [1.807, 2.05) is 37.3 Å². The highest BCUT2D eigenvalue weighted by atomic mass is 35.5. The average Bonchev–Trinajstić information content (AvgIpc) is 2.48. The maximum absolute atomic E-state index is 9.63. The summed E-state index contributed by atoms with van der Waals surface area (Å²) in [5.74, 6) is 0.754. The molecule has 3 rings (SSSR count). The molecule has 1 aliphatic heterocycles. The van der Waals surface area contributed by atoms with E-state index in [2.05, 4.69) is 6.58 Å². The van der Waals surface area contributed by atoms with Crippen molar-refractivity contribution in [1.82, 2.24) is 0 Å². The Morgan fingerprint density at radius 1 is 1.18 bits per heavy atom. The Kier molecular flexibility index (Phi) is 3.90. The zero-order valence-electron chi connectivity index (χ0n) is 11.9. The molecule has 0 saturated carbocycles. The second-order valence-electron chi connectivity index (χ2n) is 5.16. The van der Waals surface area contributed by atoms with Gasteiger partial charge in [-0.3, -0.25) is 0 Å². The van der Waals surface area contributed by atoms with Crippen molar-refractivity contribution < 1.29 is 9.84 Å². The number of hydrogen-bond acceptors (Lipinski definition) is 2. The molecule has 2 aromatic carbocycles. The molecular weight excluding hydrogens is 319 g/mol. The van der Waals surface area contributed by atoms with Gasteiger partial charge in [0.25, 0.3) is 0 Å². The van der Waals surface area contributed by atoms with Crippen LogP contribution in [-0.2, 0) is 0 Å². The second-order valence-corrected chi connectivity index (χ2v) is 5.95. The van der Waals surface area contributed by atoms with Gasteiger partial charge in [0, 0.05) is 16.7 Å². The van der Waals surface area contributed by atoms with E-state index in [1.54, 1.807) is 12.1 Å². The molecule has 1 unspecified atom stereocenters. The zero-order valence-corrected chi connectivity index (χ0v) is 13.4. The second kappa shape index (κ2) is 5.71. The molecule has 2 aromatic rings. The summed E-state index contributed by atoms with van der Waals surface area (Å²) in [5.41, 5.74) is 3.27. The van der Waals surface area contributed by atoms with E-state index in [-0.39, 0.29) is 11.9 Å². The van der Waals surface area contributed by atoms with Crippen LogP contribution in [0.5, 0.6) is 5.75 Å². The normalized spacial score (nSPS) is 16.5. The Balaban J connectivity index is 2.22. The smallest absolute Gasteiger partial charge is 0.128 e. The van der Waals surface area contributed by atoms with Crippen LogP contribution in [0.15, 0.2) is 49.1 Å². The van der Waals surface area contributed by atoms with Gasteiger partial charge in [0.2, 0.25) is 0 Å². The number of hydrogen-bond donors (Lipinski definition) is 1. The molecule has 0 radical (unpaired) electrons. The molecule has 0 amide bonds. The predicted molar refractivity (Wildman–Crippen MR) is 91.7 cm³/mol. The van der Waals surface area contributed by atoms with Gasteiger partial charge in [0.1, 0.15) is 17.6 Å². The lowest BCUT2D eigenvalue weighted by Crippen LogP contribution is -2.15. The number of aliphatic hydroxyl groups is 1. The number of ether oxygens (including phenoxy) is 1. The van der Waals surface area contributed by atoms with Gasteiger partial charge in [0.15, 0.2) is 0 Å². The Bertz CT molecular complexity index is 794. The van der Waals surface area contributed by atoms with Crippen LogP contribution in [0.1, 0.15) is 23.6 Å². The van der Waals surface area contributed by atoms with Crippen molar-refractivity contribution in [3.63, 3.8) is 0 Å². The molecule has 0 saturated heterocycles. The minimum Gasteiger partial charge on any atom is -0.508 e. The molecule has 2 nitrogen and oxygen atoms in total. The quantitative estimate of drug-likeness (QED) is 0.711. The zero-order chi connectivity index (χ0) is 15.9. The third-order valence-electron chi connectivity index (χ3n) is 3.56. The van der Waals surface area contributed by atoms with E-state index in [0.717, 1.165) is 22.4 Å². The van der Waals surface area contributed by atoms with Crippen molar-refractivity contribution >= 4 is 34.5 Å². The fraction of sp³-hybridized carbons (Fsp3) is 0.111. The highest BCUT2D eigenvalue weighted by Crippen LogP contribution is 2.41. The van der Waals surface area contributed by atoms with E-state index in [4.69, 9.17) is 27.9 Å². The maximum Gasteiger partial charge on any atom is 0.128 e. The fourth-order valence-electron chi connectivity index (χ4n) is 2.53. The van der Waals surface area contributed by atoms with E-state index >= 15 is 0 Å². The van der Waals surface area contributed by atoms with Crippen LogP contribution in [-0.4, -0.2) is 11.2 Å². The lowest BCUT2D eigenvalue weighted by molar-refractivity contribution is 0.265. The summed E-state index contributed by atoms with van der Waals surface area (Å²) in [7, 11) is 0. The fourth-order valence-corrected chi connectivity index (χ4v) is 2.93. The van der Waals surface area contributed by atoms with Gasteiger partial charge in [-0.2, -0.15) is 0 Å². The highest BCUT2D eigenvalue weighted by Gasteiger charge is 2.22. The largest absolute Gasteiger partial charge is 0.508 e. The predicted octanol–water partition coefficient (Wildman–Crippen LogP) is 5.73. The Morgan fingerprint density at radius 2 is 1.95 bits per heavy atom.